The Labute approximate surface area is 175 Å². The predicted molar refractivity (Wildman–Crippen MR) is 115 cm³/mol. The van der Waals surface area contributed by atoms with Crippen LogP contribution in [0.2, 0.25) is 0 Å². The lowest BCUT2D eigenvalue weighted by molar-refractivity contribution is -0.142. The largest absolute Gasteiger partial charge is 0.481 e. The van der Waals surface area contributed by atoms with Crippen molar-refractivity contribution in [2.24, 2.45) is 5.73 Å². The van der Waals surface area contributed by atoms with E-state index in [1.807, 2.05) is 18.2 Å². The number of primary amides is 1. The smallest absolute Gasteiger partial charge is 0.343 e. The van der Waals surface area contributed by atoms with E-state index < -0.39 is 5.97 Å². The Balaban J connectivity index is 1.87. The first kappa shape index (κ1) is 20.0. The summed E-state index contributed by atoms with van der Waals surface area (Å²) in [6.07, 6.45) is 1.47. The molecule has 1 amide bonds. The van der Waals surface area contributed by atoms with Crippen LogP contribution in [0, 0.1) is 13.8 Å². The molecule has 2 N–H and O–H groups in total. The van der Waals surface area contributed by atoms with Gasteiger partial charge in [-0.2, -0.15) is 0 Å². The van der Waals surface area contributed by atoms with Crippen molar-refractivity contribution >= 4 is 22.8 Å². The van der Waals surface area contributed by atoms with Crippen molar-refractivity contribution < 1.29 is 19.1 Å². The molecule has 4 rings (SSSR count). The number of nitrogens with zero attached hydrogens (tertiary/aromatic N) is 1. The van der Waals surface area contributed by atoms with Crippen molar-refractivity contribution in [2.45, 2.75) is 39.2 Å². The molecule has 1 unspecified atom stereocenters. The fourth-order valence-electron chi connectivity index (χ4n) is 4.50. The topological polar surface area (TPSA) is 83.6 Å². The molecule has 1 atom stereocenters. The number of carbonyl (C=O) groups is 2. The standard InChI is InChI=1S/C24H26N2O4/c1-14-7-8-16(15(2)11-14)12-26-18-5-4-6-20(30-13-21(27)29-3)23(18)22-17(24(25)28)9-10-19(22)26/h4-8,11,17H,9-10,12-13H2,1-3H3,(H2,25,28). The molecule has 1 aromatic heterocycles. The summed E-state index contributed by atoms with van der Waals surface area (Å²) in [6.45, 7) is 4.71. The first-order valence-corrected chi connectivity index (χ1v) is 10.1. The van der Waals surface area contributed by atoms with Gasteiger partial charge in [0.15, 0.2) is 6.61 Å². The third-order valence-electron chi connectivity index (χ3n) is 5.96. The van der Waals surface area contributed by atoms with Crippen molar-refractivity contribution in [1.82, 2.24) is 4.57 Å². The number of aromatic nitrogens is 1. The van der Waals surface area contributed by atoms with Crippen LogP contribution in [0.15, 0.2) is 36.4 Å². The number of aryl methyl sites for hydroxylation is 2. The molecule has 156 valence electrons. The molecule has 6 heteroatoms. The molecule has 0 radical (unpaired) electrons. The average Bonchev–Trinajstić information content (AvgIpc) is 3.27. The van der Waals surface area contributed by atoms with E-state index in [9.17, 15) is 9.59 Å². The van der Waals surface area contributed by atoms with E-state index in [0.717, 1.165) is 28.6 Å². The summed E-state index contributed by atoms with van der Waals surface area (Å²) in [7, 11) is 1.33. The van der Waals surface area contributed by atoms with Gasteiger partial charge in [-0.1, -0.05) is 29.8 Å². The van der Waals surface area contributed by atoms with Crippen molar-refractivity contribution in [3.63, 3.8) is 0 Å². The molecule has 2 aromatic carbocycles. The van der Waals surface area contributed by atoms with E-state index in [1.54, 1.807) is 0 Å². The van der Waals surface area contributed by atoms with Gasteiger partial charge in [0.2, 0.25) is 5.91 Å². The van der Waals surface area contributed by atoms with Gasteiger partial charge in [-0.15, -0.1) is 0 Å². The lowest BCUT2D eigenvalue weighted by Crippen LogP contribution is -2.19. The Hall–Kier alpha value is -3.28. The van der Waals surface area contributed by atoms with Crippen LogP contribution in [0.1, 0.15) is 40.3 Å². The molecule has 1 aliphatic rings. The Kier molecular flexibility index (Phi) is 5.24. The molecule has 1 heterocycles. The summed E-state index contributed by atoms with van der Waals surface area (Å²) < 4.78 is 12.7. The number of amides is 1. The predicted octanol–water partition coefficient (Wildman–Crippen LogP) is 3.37. The van der Waals surface area contributed by atoms with Crippen LogP contribution >= 0.6 is 0 Å². The van der Waals surface area contributed by atoms with Gasteiger partial charge >= 0.3 is 5.97 Å². The number of hydrogen-bond donors (Lipinski definition) is 1. The first-order valence-electron chi connectivity index (χ1n) is 10.1. The summed E-state index contributed by atoms with van der Waals surface area (Å²) in [5.74, 6) is -0.570. The molecule has 0 bridgehead atoms. The minimum atomic E-state index is -0.454. The summed E-state index contributed by atoms with van der Waals surface area (Å²) >= 11 is 0. The average molecular weight is 406 g/mol. The highest BCUT2D eigenvalue weighted by atomic mass is 16.6. The molecular weight excluding hydrogens is 380 g/mol. The van der Waals surface area contributed by atoms with Gasteiger partial charge < -0.3 is 19.8 Å². The van der Waals surface area contributed by atoms with E-state index in [-0.39, 0.29) is 18.4 Å². The van der Waals surface area contributed by atoms with E-state index in [0.29, 0.717) is 18.7 Å². The molecule has 1 aliphatic carbocycles. The van der Waals surface area contributed by atoms with E-state index >= 15 is 0 Å². The van der Waals surface area contributed by atoms with Gasteiger partial charge in [0.25, 0.3) is 0 Å². The summed E-state index contributed by atoms with van der Waals surface area (Å²) in [5.41, 5.74) is 12.4. The number of carbonyl (C=O) groups excluding carboxylic acids is 2. The minimum Gasteiger partial charge on any atom is -0.481 e. The number of ether oxygens (including phenoxy) is 2. The Morgan fingerprint density at radius 2 is 2.00 bits per heavy atom. The zero-order valence-electron chi connectivity index (χ0n) is 17.5. The first-order chi connectivity index (χ1) is 14.4. The maximum absolute atomic E-state index is 12.2. The van der Waals surface area contributed by atoms with Gasteiger partial charge in [-0.05, 0) is 55.5 Å². The molecule has 0 fully saturated rings. The fraction of sp³-hybridized carbons (Fsp3) is 0.333. The highest BCUT2D eigenvalue weighted by molar-refractivity contribution is 5.97. The van der Waals surface area contributed by atoms with Crippen LogP contribution in [-0.4, -0.2) is 30.2 Å². The normalized spacial score (nSPS) is 15.2. The van der Waals surface area contributed by atoms with Crippen LogP contribution in [0.3, 0.4) is 0 Å². The number of nitrogens with two attached hydrogens (primary N) is 1. The van der Waals surface area contributed by atoms with Crippen molar-refractivity contribution in [1.29, 1.82) is 0 Å². The van der Waals surface area contributed by atoms with Crippen molar-refractivity contribution in [3.05, 3.63) is 64.3 Å². The zero-order valence-corrected chi connectivity index (χ0v) is 17.5. The van der Waals surface area contributed by atoms with Crippen LogP contribution < -0.4 is 10.5 Å². The molecule has 0 spiro atoms. The van der Waals surface area contributed by atoms with Crippen LogP contribution in [-0.2, 0) is 27.3 Å². The van der Waals surface area contributed by atoms with Gasteiger partial charge in [0.1, 0.15) is 5.75 Å². The highest BCUT2D eigenvalue weighted by Crippen LogP contribution is 2.44. The van der Waals surface area contributed by atoms with E-state index in [4.69, 9.17) is 15.2 Å². The Morgan fingerprint density at radius 3 is 2.70 bits per heavy atom. The van der Waals surface area contributed by atoms with Crippen molar-refractivity contribution in [2.75, 3.05) is 13.7 Å². The maximum atomic E-state index is 12.2. The second-order valence-corrected chi connectivity index (χ2v) is 7.89. The lowest BCUT2D eigenvalue weighted by atomic mass is 9.99. The van der Waals surface area contributed by atoms with Crippen LogP contribution in [0.5, 0.6) is 5.75 Å². The van der Waals surface area contributed by atoms with Crippen molar-refractivity contribution in [3.8, 4) is 5.75 Å². The Morgan fingerprint density at radius 1 is 1.20 bits per heavy atom. The number of benzene rings is 2. The number of rotatable bonds is 6. The SMILES string of the molecule is COC(=O)COc1cccc2c1c1c(n2Cc2ccc(C)cc2C)CCC1C(N)=O. The second-order valence-electron chi connectivity index (χ2n) is 7.89. The minimum absolute atomic E-state index is 0.187. The van der Waals surface area contributed by atoms with Gasteiger partial charge in [-0.3, -0.25) is 4.79 Å². The third-order valence-corrected chi connectivity index (χ3v) is 5.96. The molecule has 30 heavy (non-hydrogen) atoms. The lowest BCUT2D eigenvalue weighted by Gasteiger charge is -2.13. The summed E-state index contributed by atoms with van der Waals surface area (Å²) in [4.78, 5) is 23.8. The molecule has 6 nitrogen and oxygen atoms in total. The molecule has 0 saturated heterocycles. The number of hydrogen-bond acceptors (Lipinski definition) is 4. The van der Waals surface area contributed by atoms with Gasteiger partial charge in [0, 0.05) is 17.6 Å². The van der Waals surface area contributed by atoms with Gasteiger partial charge in [0.05, 0.1) is 18.5 Å². The fourth-order valence-corrected chi connectivity index (χ4v) is 4.50. The summed E-state index contributed by atoms with van der Waals surface area (Å²) in [5, 5.41) is 0.863. The highest BCUT2D eigenvalue weighted by Gasteiger charge is 2.34. The van der Waals surface area contributed by atoms with E-state index in [2.05, 4.69) is 36.6 Å². The number of methoxy groups -OCH3 is 1. The van der Waals surface area contributed by atoms with E-state index in [1.165, 1.54) is 23.8 Å². The molecule has 0 aliphatic heterocycles. The monoisotopic (exact) mass is 406 g/mol. The molecule has 3 aromatic rings. The third kappa shape index (κ3) is 3.43. The van der Waals surface area contributed by atoms with Crippen LogP contribution in [0.4, 0.5) is 0 Å². The molecule has 0 saturated carbocycles. The zero-order chi connectivity index (χ0) is 21.4. The quantitative estimate of drug-likeness (QED) is 0.636. The molecular formula is C24H26N2O4. The maximum Gasteiger partial charge on any atom is 0.343 e. The van der Waals surface area contributed by atoms with Crippen LogP contribution in [0.25, 0.3) is 10.9 Å². The summed E-state index contributed by atoms with van der Waals surface area (Å²) in [6, 6.07) is 12.2. The number of fused-ring (bicyclic) bond motifs is 3. The van der Waals surface area contributed by atoms with Gasteiger partial charge in [-0.25, -0.2) is 4.79 Å². The Bertz CT molecular complexity index is 1150. The second kappa shape index (κ2) is 7.86. The number of esters is 1.